The van der Waals surface area contributed by atoms with Gasteiger partial charge < -0.3 is 0 Å². The van der Waals surface area contributed by atoms with Crippen molar-refractivity contribution in [1.29, 1.82) is 0 Å². The Labute approximate surface area is 151 Å². The molecule has 126 valence electrons. The summed E-state index contributed by atoms with van der Waals surface area (Å²) in [5.41, 5.74) is 4.46. The smallest absolute Gasteiger partial charge is 0.258 e. The van der Waals surface area contributed by atoms with Crippen LogP contribution in [0, 0.1) is 10.1 Å². The summed E-state index contributed by atoms with van der Waals surface area (Å²) in [6.07, 6.45) is 0. The molecule has 7 heteroatoms. The minimum atomic E-state index is -0.383. The highest BCUT2D eigenvalue weighted by atomic mass is 33.1. The molecular weight excluding hydrogens is 354 g/mol. The Morgan fingerprint density at radius 2 is 1.76 bits per heavy atom. The van der Waals surface area contributed by atoms with Crippen LogP contribution in [0.5, 0.6) is 0 Å². The Morgan fingerprint density at radius 3 is 2.40 bits per heavy atom. The number of rotatable bonds is 3. The molecule has 0 aromatic heterocycles. The summed E-state index contributed by atoms with van der Waals surface area (Å²) >= 11 is 0. The van der Waals surface area contributed by atoms with Crippen molar-refractivity contribution in [1.82, 2.24) is 0 Å². The Hall–Kier alpha value is -2.38. The van der Waals surface area contributed by atoms with Gasteiger partial charge in [-0.1, -0.05) is 30.3 Å². The highest BCUT2D eigenvalue weighted by Gasteiger charge is 2.33. The van der Waals surface area contributed by atoms with E-state index in [1.54, 1.807) is 12.1 Å². The molecule has 4 rings (SSSR count). The molecule has 2 heterocycles. The van der Waals surface area contributed by atoms with Crippen molar-refractivity contribution in [2.45, 2.75) is 13.8 Å². The second-order valence-electron chi connectivity index (χ2n) is 5.71. The van der Waals surface area contributed by atoms with Gasteiger partial charge in [0, 0.05) is 26.7 Å². The Balaban J connectivity index is 1.70. The van der Waals surface area contributed by atoms with Gasteiger partial charge in [0.25, 0.3) is 5.69 Å². The van der Waals surface area contributed by atoms with Gasteiger partial charge >= 0.3 is 0 Å². The topological polar surface area (TPSA) is 58.7 Å². The predicted molar refractivity (Wildman–Crippen MR) is 108 cm³/mol. The number of non-ortho nitro benzene ring substituents is 1. The molecule has 0 fully saturated rings. The van der Waals surface area contributed by atoms with E-state index < -0.39 is 0 Å². The first-order valence-electron chi connectivity index (χ1n) is 7.73. The molecular formula is C18H15N3O2S2. The third-order valence-electron chi connectivity index (χ3n) is 4.06. The second kappa shape index (κ2) is 6.16. The molecule has 2 aliphatic heterocycles. The average molecular weight is 369 g/mol. The summed E-state index contributed by atoms with van der Waals surface area (Å²) in [6, 6.07) is 17.0. The van der Waals surface area contributed by atoms with Crippen LogP contribution in [-0.2, 0) is 0 Å². The van der Waals surface area contributed by atoms with Crippen LogP contribution in [0.2, 0.25) is 0 Å². The van der Waals surface area contributed by atoms with Gasteiger partial charge in [-0.3, -0.25) is 10.1 Å². The minimum Gasteiger partial charge on any atom is -0.258 e. The first-order valence-corrected chi connectivity index (χ1v) is 10.2. The van der Waals surface area contributed by atoms with E-state index >= 15 is 0 Å². The molecule has 0 amide bonds. The molecule has 1 atom stereocenters. The second-order valence-corrected chi connectivity index (χ2v) is 8.99. The number of hydrogen-bond donors (Lipinski definition) is 0. The van der Waals surface area contributed by atoms with Crippen molar-refractivity contribution in [3.63, 3.8) is 0 Å². The van der Waals surface area contributed by atoms with Crippen LogP contribution >= 0.6 is 20.5 Å². The van der Waals surface area contributed by atoms with Crippen molar-refractivity contribution in [2.75, 3.05) is 4.41 Å². The third-order valence-corrected chi connectivity index (χ3v) is 8.38. The van der Waals surface area contributed by atoms with Gasteiger partial charge in [-0.05, 0) is 47.9 Å². The van der Waals surface area contributed by atoms with Gasteiger partial charge in [0.15, 0.2) is 0 Å². The lowest BCUT2D eigenvalue weighted by Crippen LogP contribution is -2.06. The molecule has 2 aliphatic rings. The molecule has 0 bridgehead atoms. The van der Waals surface area contributed by atoms with Crippen LogP contribution in [-0.4, -0.2) is 15.5 Å². The monoisotopic (exact) mass is 369 g/mol. The fourth-order valence-corrected chi connectivity index (χ4v) is 7.74. The predicted octanol–water partition coefficient (Wildman–Crippen LogP) is 5.24. The molecule has 1 unspecified atom stereocenters. The molecule has 0 radical (unpaired) electrons. The highest BCUT2D eigenvalue weighted by Crippen LogP contribution is 2.57. The van der Waals surface area contributed by atoms with Gasteiger partial charge in [-0.15, -0.1) is 0 Å². The molecule has 0 saturated carbocycles. The Morgan fingerprint density at radius 1 is 1.08 bits per heavy atom. The molecule has 0 N–H and O–H groups in total. The molecule has 0 aliphatic carbocycles. The molecule has 0 saturated heterocycles. The SMILES string of the molecule is CC1=NN(c2ccc([N+](=O)[O-])cc2)S2=C1C(C)=C(c1ccccc1)S2. The lowest BCUT2D eigenvalue weighted by Gasteiger charge is -2.18. The highest BCUT2D eigenvalue weighted by molar-refractivity contribution is 8.88. The normalized spacial score (nSPS) is 19.3. The van der Waals surface area contributed by atoms with E-state index in [9.17, 15) is 10.1 Å². The summed E-state index contributed by atoms with van der Waals surface area (Å²) in [5.74, 6) is 0. The molecule has 25 heavy (non-hydrogen) atoms. The number of nitro groups is 1. The van der Waals surface area contributed by atoms with E-state index in [-0.39, 0.29) is 20.3 Å². The van der Waals surface area contributed by atoms with E-state index in [0.29, 0.717) is 0 Å². The van der Waals surface area contributed by atoms with Crippen molar-refractivity contribution in [3.05, 3.63) is 75.8 Å². The molecule has 0 spiro atoms. The molecule has 2 aromatic carbocycles. The van der Waals surface area contributed by atoms with Gasteiger partial charge in [-0.25, -0.2) is 4.41 Å². The maximum Gasteiger partial charge on any atom is 0.269 e. The van der Waals surface area contributed by atoms with Crippen LogP contribution in [0.4, 0.5) is 11.4 Å². The van der Waals surface area contributed by atoms with Gasteiger partial charge in [0.2, 0.25) is 0 Å². The van der Waals surface area contributed by atoms with Crippen molar-refractivity contribution in [3.8, 4) is 0 Å². The average Bonchev–Trinajstić information content (AvgIpc) is 3.14. The maximum atomic E-state index is 10.9. The third kappa shape index (κ3) is 2.69. The zero-order valence-electron chi connectivity index (χ0n) is 13.7. The van der Waals surface area contributed by atoms with Crippen LogP contribution in [0.3, 0.4) is 0 Å². The lowest BCUT2D eigenvalue weighted by molar-refractivity contribution is -0.384. The maximum absolute atomic E-state index is 10.9. The number of nitrogens with zero attached hydrogens (tertiary/aromatic N) is 3. The number of anilines is 1. The standard InChI is InChI=1S/C18H15N3O2S2/c1-12-17(14-6-4-3-5-7-14)24-25-18(12)13(2)19-20(25)15-8-10-16(11-9-15)21(22)23/h3-11H,1-2H3. The first-order chi connectivity index (χ1) is 12.1. The van der Waals surface area contributed by atoms with Crippen LogP contribution in [0.15, 0.2) is 65.3 Å². The van der Waals surface area contributed by atoms with Crippen LogP contribution in [0.25, 0.3) is 4.91 Å². The van der Waals surface area contributed by atoms with Crippen LogP contribution in [0.1, 0.15) is 19.4 Å². The number of benzene rings is 2. The van der Waals surface area contributed by atoms with Crippen LogP contribution < -0.4 is 4.41 Å². The van der Waals surface area contributed by atoms with Gasteiger partial charge in [0.1, 0.15) is 0 Å². The molecule has 5 nitrogen and oxygen atoms in total. The van der Waals surface area contributed by atoms with Gasteiger partial charge in [-0.2, -0.15) is 5.10 Å². The fourth-order valence-electron chi connectivity index (χ4n) is 2.86. The number of hydrazone groups is 1. The quantitative estimate of drug-likeness (QED) is 0.321. The summed E-state index contributed by atoms with van der Waals surface area (Å²) in [4.78, 5) is 13.0. The first kappa shape index (κ1) is 16.1. The van der Waals surface area contributed by atoms with E-state index in [1.807, 2.05) is 40.3 Å². The largest absolute Gasteiger partial charge is 0.269 e. The summed E-state index contributed by atoms with van der Waals surface area (Å²) in [7, 11) is 1.56. The number of hydrogen-bond acceptors (Lipinski definition) is 5. The van der Waals surface area contributed by atoms with Crippen molar-refractivity contribution in [2.24, 2.45) is 5.10 Å². The van der Waals surface area contributed by atoms with E-state index in [2.05, 4.69) is 19.1 Å². The number of allylic oxidation sites excluding steroid dienone is 1. The summed E-state index contributed by atoms with van der Waals surface area (Å²) in [6.45, 7) is 4.18. The van der Waals surface area contributed by atoms with Crippen molar-refractivity contribution >= 4 is 47.4 Å². The van der Waals surface area contributed by atoms with E-state index in [1.165, 1.54) is 33.0 Å². The Kier molecular flexibility index (Phi) is 3.97. The Bertz CT molecular complexity index is 964. The zero-order valence-corrected chi connectivity index (χ0v) is 15.3. The van der Waals surface area contributed by atoms with Gasteiger partial charge in [0.05, 0.1) is 21.2 Å². The summed E-state index contributed by atoms with van der Waals surface area (Å²) < 4.78 is 1.98. The van der Waals surface area contributed by atoms with E-state index in [0.717, 1.165) is 11.4 Å². The zero-order chi connectivity index (χ0) is 17.6. The van der Waals surface area contributed by atoms with E-state index in [4.69, 9.17) is 5.10 Å². The number of nitro benzene ring substituents is 1. The van der Waals surface area contributed by atoms with Crippen molar-refractivity contribution < 1.29 is 4.92 Å². The molecule has 2 aromatic rings. The summed E-state index contributed by atoms with van der Waals surface area (Å²) in [5, 5.41) is 15.6. The fraction of sp³-hybridized carbons (Fsp3) is 0.111. The minimum absolute atomic E-state index is 0.0922. The lowest BCUT2D eigenvalue weighted by atomic mass is 10.1.